The maximum Gasteiger partial charge on any atom is 0.256 e. The molecule has 1 aromatic heterocycles. The lowest BCUT2D eigenvalue weighted by Gasteiger charge is -2.36. The fourth-order valence-electron chi connectivity index (χ4n) is 3.70. The van der Waals surface area contributed by atoms with Gasteiger partial charge in [0.1, 0.15) is 5.00 Å². The molecule has 1 aromatic carbocycles. The first-order valence-electron chi connectivity index (χ1n) is 9.24. The highest BCUT2D eigenvalue weighted by atomic mass is 35.5. The van der Waals surface area contributed by atoms with E-state index < -0.39 is 5.91 Å². The topological polar surface area (TPSA) is 72.2 Å². The number of hydrogen-bond acceptors (Lipinski definition) is 3. The SMILES string of the molecule is CCC(C)(C)C1CCc2c(sc(NC(=O)c3cccc(Cl)c3)c2C(N)=O)C1. The molecule has 0 spiro atoms. The molecule has 0 aliphatic heterocycles. The quantitative estimate of drug-likeness (QED) is 0.710. The first-order valence-corrected chi connectivity index (χ1v) is 10.4. The number of primary amides is 1. The molecule has 0 radical (unpaired) electrons. The van der Waals surface area contributed by atoms with Crippen molar-refractivity contribution < 1.29 is 9.59 Å². The molecule has 1 aliphatic carbocycles. The van der Waals surface area contributed by atoms with E-state index in [1.165, 1.54) is 16.2 Å². The number of rotatable bonds is 5. The predicted molar refractivity (Wildman–Crippen MR) is 112 cm³/mol. The highest BCUT2D eigenvalue weighted by Crippen LogP contribution is 2.45. The minimum atomic E-state index is -0.484. The number of fused-ring (bicyclic) bond motifs is 1. The van der Waals surface area contributed by atoms with Crippen molar-refractivity contribution >= 4 is 39.8 Å². The van der Waals surface area contributed by atoms with Gasteiger partial charge in [0, 0.05) is 15.5 Å². The molecular weight excluding hydrogens is 380 g/mol. The lowest BCUT2D eigenvalue weighted by Crippen LogP contribution is -2.29. The minimum absolute atomic E-state index is 0.249. The van der Waals surface area contributed by atoms with Crippen LogP contribution in [0.1, 0.15) is 64.8 Å². The summed E-state index contributed by atoms with van der Waals surface area (Å²) in [5.41, 5.74) is 7.85. The van der Waals surface area contributed by atoms with E-state index in [2.05, 4.69) is 26.1 Å². The third kappa shape index (κ3) is 4.04. The molecule has 1 heterocycles. The van der Waals surface area contributed by atoms with Crippen LogP contribution in [-0.4, -0.2) is 11.8 Å². The van der Waals surface area contributed by atoms with Gasteiger partial charge in [0.15, 0.2) is 0 Å². The highest BCUT2D eigenvalue weighted by Gasteiger charge is 2.35. The number of nitrogens with one attached hydrogen (secondary N) is 1. The van der Waals surface area contributed by atoms with E-state index in [4.69, 9.17) is 17.3 Å². The van der Waals surface area contributed by atoms with Gasteiger partial charge in [0.05, 0.1) is 5.56 Å². The minimum Gasteiger partial charge on any atom is -0.365 e. The first-order chi connectivity index (χ1) is 12.7. The number of carbonyl (C=O) groups is 2. The Balaban J connectivity index is 1.91. The Morgan fingerprint density at radius 3 is 2.74 bits per heavy atom. The lowest BCUT2D eigenvalue weighted by atomic mass is 9.69. The Morgan fingerprint density at radius 2 is 2.11 bits per heavy atom. The van der Waals surface area contributed by atoms with Crippen molar-refractivity contribution in [3.63, 3.8) is 0 Å². The average molecular weight is 405 g/mol. The number of thiophene rings is 1. The third-order valence-corrected chi connectivity index (χ3v) is 7.25. The molecule has 0 fully saturated rings. The zero-order valence-electron chi connectivity index (χ0n) is 15.9. The Hall–Kier alpha value is -1.85. The molecule has 1 atom stereocenters. The molecule has 0 saturated heterocycles. The number of hydrogen-bond donors (Lipinski definition) is 2. The van der Waals surface area contributed by atoms with E-state index >= 15 is 0 Å². The zero-order chi connectivity index (χ0) is 19.8. The summed E-state index contributed by atoms with van der Waals surface area (Å²) in [7, 11) is 0. The number of anilines is 1. The van der Waals surface area contributed by atoms with Crippen molar-refractivity contribution in [1.29, 1.82) is 0 Å². The van der Waals surface area contributed by atoms with Crippen LogP contribution in [0.4, 0.5) is 5.00 Å². The van der Waals surface area contributed by atoms with Crippen LogP contribution in [0.2, 0.25) is 5.02 Å². The van der Waals surface area contributed by atoms with Crippen LogP contribution in [0.25, 0.3) is 0 Å². The Kier molecular flexibility index (Phi) is 5.63. The van der Waals surface area contributed by atoms with Crippen molar-refractivity contribution in [1.82, 2.24) is 0 Å². The monoisotopic (exact) mass is 404 g/mol. The summed E-state index contributed by atoms with van der Waals surface area (Å²) in [4.78, 5) is 25.9. The molecule has 0 bridgehead atoms. The number of carbonyl (C=O) groups excluding carboxylic acids is 2. The second-order valence-corrected chi connectivity index (χ2v) is 9.36. The Morgan fingerprint density at radius 1 is 1.37 bits per heavy atom. The van der Waals surface area contributed by atoms with E-state index in [-0.39, 0.29) is 11.3 Å². The second-order valence-electron chi connectivity index (χ2n) is 7.82. The predicted octanol–water partition coefficient (Wildman–Crippen LogP) is 5.29. The van der Waals surface area contributed by atoms with Crippen molar-refractivity contribution in [3.05, 3.63) is 50.9 Å². The van der Waals surface area contributed by atoms with Crippen LogP contribution in [0, 0.1) is 11.3 Å². The molecule has 1 aliphatic rings. The zero-order valence-corrected chi connectivity index (χ0v) is 17.5. The number of nitrogens with two attached hydrogens (primary N) is 1. The fourth-order valence-corrected chi connectivity index (χ4v) is 5.21. The molecule has 2 aromatic rings. The molecule has 3 N–H and O–H groups in total. The first kappa shape index (κ1) is 19.9. The molecule has 1 unspecified atom stereocenters. The summed E-state index contributed by atoms with van der Waals surface area (Å²) in [6.07, 6.45) is 3.89. The summed E-state index contributed by atoms with van der Waals surface area (Å²) < 4.78 is 0. The van der Waals surface area contributed by atoms with Crippen LogP contribution in [0.3, 0.4) is 0 Å². The van der Waals surface area contributed by atoms with Crippen LogP contribution in [-0.2, 0) is 12.8 Å². The van der Waals surface area contributed by atoms with Crippen LogP contribution < -0.4 is 11.1 Å². The third-order valence-electron chi connectivity index (χ3n) is 5.84. The van der Waals surface area contributed by atoms with E-state index in [1.807, 2.05) is 0 Å². The summed E-state index contributed by atoms with van der Waals surface area (Å²) in [6.45, 7) is 6.82. The van der Waals surface area contributed by atoms with Crippen molar-refractivity contribution in [3.8, 4) is 0 Å². The summed E-state index contributed by atoms with van der Waals surface area (Å²) >= 11 is 7.46. The van der Waals surface area contributed by atoms with Gasteiger partial charge < -0.3 is 11.1 Å². The van der Waals surface area contributed by atoms with E-state index in [0.717, 1.165) is 31.2 Å². The van der Waals surface area contributed by atoms with E-state index in [0.29, 0.717) is 27.1 Å². The van der Waals surface area contributed by atoms with Gasteiger partial charge in [0.2, 0.25) is 0 Å². The van der Waals surface area contributed by atoms with Gasteiger partial charge in [-0.3, -0.25) is 9.59 Å². The van der Waals surface area contributed by atoms with Crippen LogP contribution >= 0.6 is 22.9 Å². The van der Waals surface area contributed by atoms with Gasteiger partial charge in [-0.25, -0.2) is 0 Å². The number of halogens is 1. The molecule has 3 rings (SSSR count). The van der Waals surface area contributed by atoms with Gasteiger partial charge in [-0.15, -0.1) is 11.3 Å². The van der Waals surface area contributed by atoms with Gasteiger partial charge in [-0.05, 0) is 54.4 Å². The highest BCUT2D eigenvalue weighted by molar-refractivity contribution is 7.17. The van der Waals surface area contributed by atoms with Crippen molar-refractivity contribution in [2.24, 2.45) is 17.1 Å². The largest absolute Gasteiger partial charge is 0.365 e. The molecular formula is C21H25ClN2O2S. The number of benzene rings is 1. The molecule has 144 valence electrons. The normalized spacial score (nSPS) is 16.7. The Bertz CT molecular complexity index is 888. The van der Waals surface area contributed by atoms with Gasteiger partial charge in [0.25, 0.3) is 11.8 Å². The summed E-state index contributed by atoms with van der Waals surface area (Å²) in [6, 6.07) is 6.74. The molecule has 0 saturated carbocycles. The van der Waals surface area contributed by atoms with Crippen LogP contribution in [0.15, 0.2) is 24.3 Å². The van der Waals surface area contributed by atoms with Crippen molar-refractivity contribution in [2.75, 3.05) is 5.32 Å². The summed E-state index contributed by atoms with van der Waals surface area (Å²) in [5, 5.41) is 3.92. The second kappa shape index (κ2) is 7.64. The maximum atomic E-state index is 12.6. The average Bonchev–Trinajstić information content (AvgIpc) is 2.98. The lowest BCUT2D eigenvalue weighted by molar-refractivity contribution is 0.0999. The van der Waals surface area contributed by atoms with E-state index in [1.54, 1.807) is 24.3 Å². The van der Waals surface area contributed by atoms with Crippen LogP contribution in [0.5, 0.6) is 0 Å². The smallest absolute Gasteiger partial charge is 0.256 e. The van der Waals surface area contributed by atoms with Gasteiger partial charge in [-0.2, -0.15) is 0 Å². The maximum absolute atomic E-state index is 12.6. The summed E-state index contributed by atoms with van der Waals surface area (Å²) in [5.74, 6) is -0.211. The molecule has 2 amide bonds. The molecule has 6 heteroatoms. The molecule has 4 nitrogen and oxygen atoms in total. The standard InChI is InChI=1S/C21H25ClN2O2S/c1-4-21(2,3)13-8-9-15-16(11-13)27-20(17(15)18(23)25)24-19(26)12-6-5-7-14(22)10-12/h5-7,10,13H,4,8-9,11H2,1-3H3,(H2,23,25)(H,24,26). The van der Waals surface area contributed by atoms with Gasteiger partial charge in [-0.1, -0.05) is 44.9 Å². The Labute approximate surface area is 169 Å². The van der Waals surface area contributed by atoms with Gasteiger partial charge >= 0.3 is 0 Å². The van der Waals surface area contributed by atoms with E-state index in [9.17, 15) is 9.59 Å². The molecule has 27 heavy (non-hydrogen) atoms. The fraction of sp³-hybridized carbons (Fsp3) is 0.429. The number of amides is 2. The van der Waals surface area contributed by atoms with Crippen molar-refractivity contribution in [2.45, 2.75) is 46.5 Å².